The summed E-state index contributed by atoms with van der Waals surface area (Å²) in [5.41, 5.74) is 0.863. The fourth-order valence-electron chi connectivity index (χ4n) is 2.17. The maximum atomic E-state index is 12.3. The molecule has 6 heteroatoms. The van der Waals surface area contributed by atoms with Crippen molar-refractivity contribution in [3.05, 3.63) is 35.9 Å². The number of carbonyl (C=O) groups excluding carboxylic acids is 3. The number of carbonyl (C=O) groups is 3. The van der Waals surface area contributed by atoms with E-state index in [4.69, 9.17) is 4.74 Å². The lowest BCUT2D eigenvalue weighted by Crippen LogP contribution is -2.48. The molecule has 0 saturated carbocycles. The average Bonchev–Trinajstić information content (AvgIpc) is 2.52. The zero-order valence-electron chi connectivity index (χ0n) is 14.9. The van der Waals surface area contributed by atoms with E-state index in [9.17, 15) is 14.4 Å². The van der Waals surface area contributed by atoms with E-state index in [1.165, 1.54) is 11.8 Å². The Kier molecular flexibility index (Phi) is 7.42. The second kappa shape index (κ2) is 9.05. The standard InChI is InChI=1S/C18H26N2O4/c1-12(2)16(18(23)24-13(3)17(22)20(4)5)19-15(21)11-14-9-7-6-8-10-14/h6-10,12-13,16H,11H2,1-5H3,(H,19,21)/t13-,16-/m0/s1. The summed E-state index contributed by atoms with van der Waals surface area (Å²) in [4.78, 5) is 37.6. The number of amides is 2. The van der Waals surface area contributed by atoms with Gasteiger partial charge in [-0.2, -0.15) is 0 Å². The van der Waals surface area contributed by atoms with Gasteiger partial charge in [0.1, 0.15) is 6.04 Å². The predicted octanol–water partition coefficient (Wildman–Crippen LogP) is 1.39. The zero-order valence-corrected chi connectivity index (χ0v) is 14.9. The van der Waals surface area contributed by atoms with Gasteiger partial charge in [0.15, 0.2) is 6.10 Å². The maximum Gasteiger partial charge on any atom is 0.329 e. The van der Waals surface area contributed by atoms with Crippen LogP contribution in [0.25, 0.3) is 0 Å². The number of esters is 1. The predicted molar refractivity (Wildman–Crippen MR) is 91.2 cm³/mol. The number of likely N-dealkylation sites (N-methyl/N-ethyl adjacent to an activating group) is 1. The molecule has 1 rings (SSSR count). The molecule has 2 atom stereocenters. The number of benzene rings is 1. The monoisotopic (exact) mass is 334 g/mol. The molecule has 1 aromatic rings. The van der Waals surface area contributed by atoms with E-state index in [-0.39, 0.29) is 24.2 Å². The summed E-state index contributed by atoms with van der Waals surface area (Å²) in [6.07, 6.45) is -0.705. The third-order valence-electron chi connectivity index (χ3n) is 3.53. The SMILES string of the molecule is CC(C)[C@H](NC(=O)Cc1ccccc1)C(=O)O[C@@H](C)C(=O)N(C)C. The largest absolute Gasteiger partial charge is 0.451 e. The van der Waals surface area contributed by atoms with E-state index in [0.717, 1.165) is 5.56 Å². The molecule has 6 nitrogen and oxygen atoms in total. The Bertz CT molecular complexity index is 570. The van der Waals surface area contributed by atoms with Gasteiger partial charge < -0.3 is 15.0 Å². The fourth-order valence-corrected chi connectivity index (χ4v) is 2.17. The highest BCUT2D eigenvalue weighted by Crippen LogP contribution is 2.08. The van der Waals surface area contributed by atoms with Crippen molar-refractivity contribution in [2.45, 2.75) is 39.3 Å². The molecule has 0 heterocycles. The lowest BCUT2D eigenvalue weighted by molar-refractivity contribution is -0.161. The van der Waals surface area contributed by atoms with Crippen molar-refractivity contribution in [2.24, 2.45) is 5.92 Å². The second-order valence-electron chi connectivity index (χ2n) is 6.26. The summed E-state index contributed by atoms with van der Waals surface area (Å²) in [5.74, 6) is -1.32. The van der Waals surface area contributed by atoms with Crippen LogP contribution in [0.4, 0.5) is 0 Å². The van der Waals surface area contributed by atoms with Crippen LogP contribution in [0.1, 0.15) is 26.3 Å². The molecular weight excluding hydrogens is 308 g/mol. The summed E-state index contributed by atoms with van der Waals surface area (Å²) in [6, 6.07) is 8.48. The number of ether oxygens (including phenoxy) is 1. The summed E-state index contributed by atoms with van der Waals surface area (Å²) in [6.45, 7) is 5.14. The molecule has 0 unspecified atom stereocenters. The van der Waals surface area contributed by atoms with Gasteiger partial charge in [-0.1, -0.05) is 44.2 Å². The molecule has 0 aliphatic heterocycles. The van der Waals surface area contributed by atoms with Crippen molar-refractivity contribution in [3.8, 4) is 0 Å². The number of nitrogens with one attached hydrogen (secondary N) is 1. The lowest BCUT2D eigenvalue weighted by atomic mass is 10.0. The van der Waals surface area contributed by atoms with Crippen molar-refractivity contribution < 1.29 is 19.1 Å². The van der Waals surface area contributed by atoms with Gasteiger partial charge in [0, 0.05) is 14.1 Å². The van der Waals surface area contributed by atoms with Crippen molar-refractivity contribution >= 4 is 17.8 Å². The van der Waals surface area contributed by atoms with Gasteiger partial charge in [-0.3, -0.25) is 9.59 Å². The molecule has 24 heavy (non-hydrogen) atoms. The zero-order chi connectivity index (χ0) is 18.3. The highest BCUT2D eigenvalue weighted by molar-refractivity contribution is 5.88. The molecule has 0 radical (unpaired) electrons. The first-order valence-corrected chi connectivity index (χ1v) is 7.97. The van der Waals surface area contributed by atoms with Crippen LogP contribution in [-0.4, -0.2) is 48.9 Å². The minimum Gasteiger partial charge on any atom is -0.451 e. The van der Waals surface area contributed by atoms with Crippen LogP contribution in [-0.2, 0) is 25.5 Å². The second-order valence-corrected chi connectivity index (χ2v) is 6.26. The minimum absolute atomic E-state index is 0.154. The molecule has 0 spiro atoms. The quantitative estimate of drug-likeness (QED) is 0.765. The van der Waals surface area contributed by atoms with Gasteiger partial charge in [0.2, 0.25) is 5.91 Å². The molecule has 0 bridgehead atoms. The van der Waals surface area contributed by atoms with Crippen molar-refractivity contribution in [2.75, 3.05) is 14.1 Å². The van der Waals surface area contributed by atoms with E-state index >= 15 is 0 Å². The molecular formula is C18H26N2O4. The van der Waals surface area contributed by atoms with E-state index in [1.807, 2.05) is 44.2 Å². The van der Waals surface area contributed by atoms with Crippen molar-refractivity contribution in [1.29, 1.82) is 0 Å². The molecule has 0 fully saturated rings. The minimum atomic E-state index is -0.889. The fraction of sp³-hybridized carbons (Fsp3) is 0.500. The molecule has 0 aliphatic carbocycles. The number of nitrogens with zero attached hydrogens (tertiary/aromatic N) is 1. The third-order valence-corrected chi connectivity index (χ3v) is 3.53. The Hall–Kier alpha value is -2.37. The van der Waals surface area contributed by atoms with Crippen LogP contribution in [0.2, 0.25) is 0 Å². The van der Waals surface area contributed by atoms with Crippen LogP contribution in [0.15, 0.2) is 30.3 Å². The summed E-state index contributed by atoms with van der Waals surface area (Å²) >= 11 is 0. The average molecular weight is 334 g/mol. The summed E-state index contributed by atoms with van der Waals surface area (Å²) in [5, 5.41) is 2.70. The first-order chi connectivity index (χ1) is 11.2. The number of rotatable bonds is 7. The van der Waals surface area contributed by atoms with Gasteiger partial charge in [-0.15, -0.1) is 0 Å². The Balaban J connectivity index is 2.67. The van der Waals surface area contributed by atoms with Gasteiger partial charge in [0.25, 0.3) is 5.91 Å². The Morgan fingerprint density at radius 2 is 1.67 bits per heavy atom. The van der Waals surface area contributed by atoms with Gasteiger partial charge >= 0.3 is 5.97 Å². The van der Waals surface area contributed by atoms with Crippen LogP contribution >= 0.6 is 0 Å². The Labute approximate surface area is 143 Å². The first kappa shape index (κ1) is 19.7. The van der Waals surface area contributed by atoms with Crippen LogP contribution in [0.5, 0.6) is 0 Å². The van der Waals surface area contributed by atoms with E-state index in [0.29, 0.717) is 0 Å². The summed E-state index contributed by atoms with van der Waals surface area (Å²) < 4.78 is 5.20. The van der Waals surface area contributed by atoms with Gasteiger partial charge in [-0.25, -0.2) is 4.79 Å². The number of hydrogen-bond donors (Lipinski definition) is 1. The van der Waals surface area contributed by atoms with Crippen molar-refractivity contribution in [3.63, 3.8) is 0 Å². The van der Waals surface area contributed by atoms with Gasteiger partial charge in [-0.05, 0) is 18.4 Å². The topological polar surface area (TPSA) is 75.7 Å². The lowest BCUT2D eigenvalue weighted by Gasteiger charge is -2.24. The van der Waals surface area contributed by atoms with Crippen LogP contribution in [0.3, 0.4) is 0 Å². The molecule has 1 N–H and O–H groups in total. The Morgan fingerprint density at radius 3 is 2.17 bits per heavy atom. The van der Waals surface area contributed by atoms with Gasteiger partial charge in [0.05, 0.1) is 6.42 Å². The molecule has 0 aliphatic rings. The van der Waals surface area contributed by atoms with E-state index in [1.54, 1.807) is 14.1 Å². The van der Waals surface area contributed by atoms with E-state index < -0.39 is 18.1 Å². The van der Waals surface area contributed by atoms with Crippen LogP contribution in [0, 0.1) is 5.92 Å². The molecule has 0 aromatic heterocycles. The smallest absolute Gasteiger partial charge is 0.329 e. The van der Waals surface area contributed by atoms with Crippen molar-refractivity contribution in [1.82, 2.24) is 10.2 Å². The normalized spacial score (nSPS) is 13.1. The molecule has 0 saturated heterocycles. The first-order valence-electron chi connectivity index (χ1n) is 7.97. The van der Waals surface area contributed by atoms with Crippen LogP contribution < -0.4 is 5.32 Å². The highest BCUT2D eigenvalue weighted by atomic mass is 16.5. The molecule has 132 valence electrons. The maximum absolute atomic E-state index is 12.3. The third kappa shape index (κ3) is 6.02. The highest BCUT2D eigenvalue weighted by Gasteiger charge is 2.29. The molecule has 2 amide bonds. The summed E-state index contributed by atoms with van der Waals surface area (Å²) in [7, 11) is 3.18. The Morgan fingerprint density at radius 1 is 1.08 bits per heavy atom. The number of hydrogen-bond acceptors (Lipinski definition) is 4. The van der Waals surface area contributed by atoms with E-state index in [2.05, 4.69) is 5.32 Å². The molecule has 1 aromatic carbocycles.